The number of methoxy groups -OCH3 is 1. The Morgan fingerprint density at radius 2 is 1.60 bits per heavy atom. The summed E-state index contributed by atoms with van der Waals surface area (Å²) < 4.78 is 51.8. The molecule has 30 heavy (non-hydrogen) atoms. The van der Waals surface area contributed by atoms with Gasteiger partial charge in [0.25, 0.3) is 5.82 Å². The van der Waals surface area contributed by atoms with Gasteiger partial charge in [0.2, 0.25) is 0 Å². The number of ether oxygens (including phenoxy) is 2. The van der Waals surface area contributed by atoms with Crippen molar-refractivity contribution < 1.29 is 22.6 Å². The first-order chi connectivity index (χ1) is 14.3. The van der Waals surface area contributed by atoms with Gasteiger partial charge in [-0.25, -0.2) is 0 Å². The van der Waals surface area contributed by atoms with Gasteiger partial charge in [-0.15, -0.1) is 15.3 Å². The highest BCUT2D eigenvalue weighted by atomic mass is 19.4. The number of hydrogen-bond donors (Lipinski definition) is 0. The van der Waals surface area contributed by atoms with Crippen molar-refractivity contribution >= 4 is 11.5 Å². The molecule has 0 radical (unpaired) electrons. The Labute approximate surface area is 171 Å². The van der Waals surface area contributed by atoms with E-state index in [0.717, 1.165) is 34.4 Å². The summed E-state index contributed by atoms with van der Waals surface area (Å²) in [4.78, 5) is 2.00. The van der Waals surface area contributed by atoms with E-state index in [1.165, 1.54) is 0 Å². The minimum Gasteiger partial charge on any atom is -0.497 e. The van der Waals surface area contributed by atoms with Crippen molar-refractivity contribution in [1.29, 1.82) is 0 Å². The predicted molar refractivity (Wildman–Crippen MR) is 104 cm³/mol. The van der Waals surface area contributed by atoms with Gasteiger partial charge in [0.05, 0.1) is 7.11 Å². The molecule has 2 aromatic heterocycles. The monoisotopic (exact) mass is 421 g/mol. The highest BCUT2D eigenvalue weighted by Gasteiger charge is 2.38. The normalized spacial score (nSPS) is 15.6. The van der Waals surface area contributed by atoms with Gasteiger partial charge in [0.1, 0.15) is 17.6 Å². The van der Waals surface area contributed by atoms with E-state index in [9.17, 15) is 13.2 Å². The first-order valence-electron chi connectivity index (χ1n) is 9.63. The Kier molecular flexibility index (Phi) is 5.17. The molecular formula is C20H22F3N5O2. The van der Waals surface area contributed by atoms with Gasteiger partial charge < -0.3 is 14.4 Å². The molecule has 3 aromatic rings. The van der Waals surface area contributed by atoms with Crippen LogP contribution in [0, 0.1) is 13.8 Å². The second-order valence-electron chi connectivity index (χ2n) is 7.31. The summed E-state index contributed by atoms with van der Waals surface area (Å²) in [5.74, 6) is 0.935. The summed E-state index contributed by atoms with van der Waals surface area (Å²) in [5, 5.41) is 11.2. The van der Waals surface area contributed by atoms with Crippen LogP contribution in [-0.2, 0) is 6.18 Å². The van der Waals surface area contributed by atoms with E-state index in [1.54, 1.807) is 14.0 Å². The van der Waals surface area contributed by atoms with Crippen LogP contribution in [-0.4, -0.2) is 46.1 Å². The van der Waals surface area contributed by atoms with Crippen LogP contribution in [0.5, 0.6) is 11.5 Å². The topological polar surface area (TPSA) is 64.8 Å². The van der Waals surface area contributed by atoms with Crippen molar-refractivity contribution in [2.45, 2.75) is 39.0 Å². The molecule has 1 fully saturated rings. The zero-order valence-corrected chi connectivity index (χ0v) is 16.9. The van der Waals surface area contributed by atoms with Crippen LogP contribution in [0.3, 0.4) is 0 Å². The first kappa shape index (κ1) is 20.2. The summed E-state index contributed by atoms with van der Waals surface area (Å²) >= 11 is 0. The van der Waals surface area contributed by atoms with Crippen LogP contribution >= 0.6 is 0 Å². The SMILES string of the molecule is COc1ccc(OC2CCN(c3nn4c(C(F)(F)F)nnc4c(C)c3C)CC2)cc1. The molecular weight excluding hydrogens is 399 g/mol. The maximum absolute atomic E-state index is 13.3. The molecule has 0 bridgehead atoms. The minimum atomic E-state index is -4.62. The van der Waals surface area contributed by atoms with Crippen molar-refractivity contribution in [2.75, 3.05) is 25.1 Å². The Morgan fingerprint density at radius 3 is 2.20 bits per heavy atom. The number of rotatable bonds is 4. The maximum atomic E-state index is 13.3. The van der Waals surface area contributed by atoms with Crippen molar-refractivity contribution in [2.24, 2.45) is 0 Å². The molecule has 1 aliphatic heterocycles. The third-order valence-corrected chi connectivity index (χ3v) is 5.43. The number of piperidine rings is 1. The molecule has 0 atom stereocenters. The first-order valence-corrected chi connectivity index (χ1v) is 9.63. The Bertz CT molecular complexity index is 1040. The average Bonchev–Trinajstić information content (AvgIpc) is 3.17. The van der Waals surface area contributed by atoms with Crippen molar-refractivity contribution in [3.05, 3.63) is 41.2 Å². The number of hydrogen-bond acceptors (Lipinski definition) is 6. The second kappa shape index (κ2) is 7.66. The molecule has 0 spiro atoms. The van der Waals surface area contributed by atoms with Gasteiger partial charge in [0.15, 0.2) is 11.5 Å². The minimum absolute atomic E-state index is 0.0282. The molecule has 1 saturated heterocycles. The molecule has 4 rings (SSSR count). The van der Waals surface area contributed by atoms with Crippen molar-refractivity contribution in [3.8, 4) is 11.5 Å². The van der Waals surface area contributed by atoms with Crippen LogP contribution in [0.25, 0.3) is 5.65 Å². The summed E-state index contributed by atoms with van der Waals surface area (Å²) in [7, 11) is 1.61. The number of anilines is 1. The number of nitrogens with zero attached hydrogens (tertiary/aromatic N) is 5. The Balaban J connectivity index is 1.52. The number of halogens is 3. The fourth-order valence-electron chi connectivity index (χ4n) is 3.62. The fourth-order valence-corrected chi connectivity index (χ4v) is 3.62. The van der Waals surface area contributed by atoms with Crippen LogP contribution < -0.4 is 14.4 Å². The summed E-state index contributed by atoms with van der Waals surface area (Å²) in [6.45, 7) is 4.84. The number of benzene rings is 1. The van der Waals surface area contributed by atoms with Crippen LogP contribution in [0.15, 0.2) is 24.3 Å². The number of fused-ring (bicyclic) bond motifs is 1. The van der Waals surface area contributed by atoms with E-state index >= 15 is 0 Å². The maximum Gasteiger partial charge on any atom is 0.453 e. The van der Waals surface area contributed by atoms with Gasteiger partial charge in [-0.05, 0) is 38.1 Å². The van der Waals surface area contributed by atoms with Gasteiger partial charge in [-0.1, -0.05) is 0 Å². The highest BCUT2D eigenvalue weighted by molar-refractivity contribution is 5.59. The lowest BCUT2D eigenvalue weighted by molar-refractivity contribution is -0.146. The van der Waals surface area contributed by atoms with Crippen LogP contribution in [0.2, 0.25) is 0 Å². The fraction of sp³-hybridized carbons (Fsp3) is 0.450. The molecule has 0 unspecified atom stereocenters. The second-order valence-corrected chi connectivity index (χ2v) is 7.31. The van der Waals surface area contributed by atoms with Gasteiger partial charge >= 0.3 is 6.18 Å². The molecule has 0 aliphatic carbocycles. The summed E-state index contributed by atoms with van der Waals surface area (Å²) in [6, 6.07) is 7.40. The lowest BCUT2D eigenvalue weighted by Crippen LogP contribution is -2.39. The zero-order valence-electron chi connectivity index (χ0n) is 16.9. The third-order valence-electron chi connectivity index (χ3n) is 5.43. The number of aryl methyl sites for hydroxylation is 1. The molecule has 0 N–H and O–H groups in total. The molecule has 160 valence electrons. The Hall–Kier alpha value is -3.04. The molecule has 1 aromatic carbocycles. The molecule has 10 heteroatoms. The lowest BCUT2D eigenvalue weighted by atomic mass is 10.1. The number of aromatic nitrogens is 4. The van der Waals surface area contributed by atoms with E-state index in [0.29, 0.717) is 24.5 Å². The van der Waals surface area contributed by atoms with E-state index in [-0.39, 0.29) is 11.8 Å². The zero-order chi connectivity index (χ0) is 21.5. The van der Waals surface area contributed by atoms with Crippen molar-refractivity contribution in [1.82, 2.24) is 19.8 Å². The van der Waals surface area contributed by atoms with Gasteiger partial charge in [0, 0.05) is 37.1 Å². The average molecular weight is 421 g/mol. The molecule has 3 heterocycles. The molecule has 1 aliphatic rings. The standard InChI is InChI=1S/C20H22F3N5O2/c1-12-13(2)18(26-28-17(12)24-25-19(28)20(21,22)23)27-10-8-16(9-11-27)30-15-6-4-14(29-3)5-7-15/h4-7,16H,8-11H2,1-3H3. The van der Waals surface area contributed by atoms with Gasteiger partial charge in [-0.2, -0.15) is 17.7 Å². The van der Waals surface area contributed by atoms with E-state index in [1.807, 2.05) is 36.1 Å². The Morgan fingerprint density at radius 1 is 0.967 bits per heavy atom. The van der Waals surface area contributed by atoms with Crippen LogP contribution in [0.4, 0.5) is 19.0 Å². The largest absolute Gasteiger partial charge is 0.497 e. The highest BCUT2D eigenvalue weighted by Crippen LogP contribution is 2.31. The predicted octanol–water partition coefficient (Wildman–Crippen LogP) is 3.82. The van der Waals surface area contributed by atoms with E-state index in [4.69, 9.17) is 9.47 Å². The smallest absolute Gasteiger partial charge is 0.453 e. The van der Waals surface area contributed by atoms with E-state index in [2.05, 4.69) is 15.3 Å². The van der Waals surface area contributed by atoms with Crippen molar-refractivity contribution in [3.63, 3.8) is 0 Å². The third kappa shape index (κ3) is 3.73. The van der Waals surface area contributed by atoms with E-state index < -0.39 is 12.0 Å². The quantitative estimate of drug-likeness (QED) is 0.638. The molecule has 0 amide bonds. The number of alkyl halides is 3. The molecule has 0 saturated carbocycles. The lowest BCUT2D eigenvalue weighted by Gasteiger charge is -2.34. The van der Waals surface area contributed by atoms with Crippen LogP contribution in [0.1, 0.15) is 29.8 Å². The summed E-state index contributed by atoms with van der Waals surface area (Å²) in [6.07, 6.45) is -3.12. The summed E-state index contributed by atoms with van der Waals surface area (Å²) in [5.41, 5.74) is 1.57. The van der Waals surface area contributed by atoms with Gasteiger partial charge in [-0.3, -0.25) is 0 Å². The molecule has 7 nitrogen and oxygen atoms in total.